The molecule has 0 atom stereocenters. The number of nitrogens with two attached hydrogens (primary N) is 1. The van der Waals surface area contributed by atoms with Crippen LogP contribution < -0.4 is 11.1 Å². The monoisotopic (exact) mass is 332 g/mol. The summed E-state index contributed by atoms with van der Waals surface area (Å²) in [5, 5.41) is 5.52. The standard InChI is InChI=1S/C11H12N4O2S2.ClH/c1-6(16)8-4-13-11(19-8)15-10(17)7-5-18-9(14-7)2-3-12;/h4-5H,2-3,12H2,1H3,(H,13,15,17);1H. The number of thiazole rings is 2. The molecule has 2 aromatic rings. The van der Waals surface area contributed by atoms with Gasteiger partial charge < -0.3 is 5.73 Å². The fourth-order valence-electron chi connectivity index (χ4n) is 1.31. The molecule has 2 rings (SSSR count). The number of rotatable bonds is 5. The Kier molecular flexibility index (Phi) is 6.21. The number of aromatic nitrogens is 2. The second-order valence-electron chi connectivity index (χ2n) is 3.71. The van der Waals surface area contributed by atoms with Crippen molar-refractivity contribution < 1.29 is 9.59 Å². The van der Waals surface area contributed by atoms with E-state index in [1.165, 1.54) is 24.5 Å². The van der Waals surface area contributed by atoms with Gasteiger partial charge in [0.2, 0.25) is 0 Å². The van der Waals surface area contributed by atoms with Crippen LogP contribution in [0.2, 0.25) is 0 Å². The van der Waals surface area contributed by atoms with Gasteiger partial charge in [-0.15, -0.1) is 23.7 Å². The van der Waals surface area contributed by atoms with E-state index >= 15 is 0 Å². The predicted octanol–water partition coefficient (Wildman–Crippen LogP) is 1.98. The van der Waals surface area contributed by atoms with Gasteiger partial charge in [-0.05, 0) is 6.54 Å². The number of hydrogen-bond acceptors (Lipinski definition) is 7. The second-order valence-corrected chi connectivity index (χ2v) is 5.68. The maximum atomic E-state index is 11.9. The molecule has 0 saturated heterocycles. The molecule has 0 aliphatic heterocycles. The minimum Gasteiger partial charge on any atom is -0.330 e. The first kappa shape index (κ1) is 16.7. The zero-order valence-corrected chi connectivity index (χ0v) is 13.0. The molecule has 0 aromatic carbocycles. The summed E-state index contributed by atoms with van der Waals surface area (Å²) >= 11 is 2.54. The van der Waals surface area contributed by atoms with Crippen LogP contribution in [0, 0.1) is 0 Å². The van der Waals surface area contributed by atoms with Crippen LogP contribution in [0.1, 0.15) is 32.1 Å². The average Bonchev–Trinajstić information content (AvgIpc) is 2.98. The molecule has 3 N–H and O–H groups in total. The van der Waals surface area contributed by atoms with Gasteiger partial charge in [-0.3, -0.25) is 14.9 Å². The predicted molar refractivity (Wildman–Crippen MR) is 82.2 cm³/mol. The van der Waals surface area contributed by atoms with Crippen LogP contribution in [-0.2, 0) is 6.42 Å². The van der Waals surface area contributed by atoms with E-state index in [-0.39, 0.29) is 24.1 Å². The third kappa shape index (κ3) is 4.07. The lowest BCUT2D eigenvalue weighted by atomic mass is 10.4. The summed E-state index contributed by atoms with van der Waals surface area (Å²) in [6.45, 7) is 1.96. The average molecular weight is 333 g/mol. The first-order chi connectivity index (χ1) is 9.10. The highest BCUT2D eigenvalue weighted by Crippen LogP contribution is 2.19. The fraction of sp³-hybridized carbons (Fsp3) is 0.273. The van der Waals surface area contributed by atoms with Crippen LogP contribution in [-0.4, -0.2) is 28.2 Å². The Bertz CT molecular complexity index is 611. The van der Waals surface area contributed by atoms with E-state index in [0.29, 0.717) is 28.7 Å². The van der Waals surface area contributed by atoms with Gasteiger partial charge in [0.1, 0.15) is 5.69 Å². The van der Waals surface area contributed by atoms with Gasteiger partial charge in [0.05, 0.1) is 16.1 Å². The van der Waals surface area contributed by atoms with Crippen molar-refractivity contribution in [1.29, 1.82) is 0 Å². The molecule has 0 bridgehead atoms. The molecule has 1 amide bonds. The summed E-state index contributed by atoms with van der Waals surface area (Å²) in [6, 6.07) is 0. The third-order valence-electron chi connectivity index (χ3n) is 2.22. The molecular formula is C11H13ClN4O2S2. The Morgan fingerprint density at radius 2 is 2.20 bits per heavy atom. The third-order valence-corrected chi connectivity index (χ3v) is 4.14. The van der Waals surface area contributed by atoms with Crippen LogP contribution in [0.5, 0.6) is 0 Å². The van der Waals surface area contributed by atoms with Crippen molar-refractivity contribution in [2.45, 2.75) is 13.3 Å². The Morgan fingerprint density at radius 3 is 2.80 bits per heavy atom. The molecule has 0 saturated carbocycles. The number of carbonyl (C=O) groups excluding carboxylic acids is 2. The number of Topliss-reactive ketones (excluding diaryl/α,β-unsaturated/α-hetero) is 1. The molecule has 20 heavy (non-hydrogen) atoms. The number of carbonyl (C=O) groups is 2. The van der Waals surface area contributed by atoms with Crippen molar-refractivity contribution in [2.24, 2.45) is 5.73 Å². The molecule has 0 spiro atoms. The Balaban J connectivity index is 0.00000200. The van der Waals surface area contributed by atoms with Gasteiger partial charge in [0, 0.05) is 18.7 Å². The molecule has 0 aliphatic carbocycles. The van der Waals surface area contributed by atoms with Gasteiger partial charge in [0.15, 0.2) is 10.9 Å². The normalized spacial score (nSPS) is 9.90. The number of ketones is 1. The van der Waals surface area contributed by atoms with E-state index in [4.69, 9.17) is 5.73 Å². The van der Waals surface area contributed by atoms with E-state index < -0.39 is 0 Å². The van der Waals surface area contributed by atoms with Crippen molar-refractivity contribution >= 4 is 51.9 Å². The highest BCUT2D eigenvalue weighted by Gasteiger charge is 2.13. The lowest BCUT2D eigenvalue weighted by Gasteiger charge is -1.97. The molecule has 9 heteroatoms. The van der Waals surface area contributed by atoms with E-state index in [1.807, 2.05) is 0 Å². The molecule has 108 valence electrons. The molecule has 2 heterocycles. The number of amides is 1. The number of halogens is 1. The van der Waals surface area contributed by atoms with Crippen molar-refractivity contribution in [1.82, 2.24) is 9.97 Å². The molecule has 2 aromatic heterocycles. The Morgan fingerprint density at radius 1 is 1.45 bits per heavy atom. The first-order valence-electron chi connectivity index (χ1n) is 5.52. The zero-order valence-electron chi connectivity index (χ0n) is 10.6. The maximum Gasteiger partial charge on any atom is 0.276 e. The van der Waals surface area contributed by atoms with Crippen molar-refractivity contribution in [3.8, 4) is 0 Å². The van der Waals surface area contributed by atoms with Gasteiger partial charge in [0.25, 0.3) is 5.91 Å². The van der Waals surface area contributed by atoms with Gasteiger partial charge >= 0.3 is 0 Å². The van der Waals surface area contributed by atoms with Crippen LogP contribution >= 0.6 is 35.1 Å². The molecule has 0 fully saturated rings. The molecule has 0 unspecified atom stereocenters. The molecule has 0 aliphatic rings. The topological polar surface area (TPSA) is 98.0 Å². The van der Waals surface area contributed by atoms with Gasteiger partial charge in [-0.1, -0.05) is 11.3 Å². The van der Waals surface area contributed by atoms with Gasteiger partial charge in [-0.25, -0.2) is 9.97 Å². The summed E-state index contributed by atoms with van der Waals surface area (Å²) in [5.74, 6) is -0.402. The lowest BCUT2D eigenvalue weighted by Crippen LogP contribution is -2.12. The summed E-state index contributed by atoms with van der Waals surface area (Å²) in [4.78, 5) is 31.7. The van der Waals surface area contributed by atoms with Crippen LogP contribution in [0.3, 0.4) is 0 Å². The summed E-state index contributed by atoms with van der Waals surface area (Å²) < 4.78 is 0. The Hall–Kier alpha value is -1.35. The number of hydrogen-bond donors (Lipinski definition) is 2. The second kappa shape index (κ2) is 7.44. The van der Waals surface area contributed by atoms with E-state index in [1.54, 1.807) is 5.38 Å². The van der Waals surface area contributed by atoms with E-state index in [9.17, 15) is 9.59 Å². The molecule has 0 radical (unpaired) electrons. The summed E-state index contributed by atoms with van der Waals surface area (Å²) in [6.07, 6.45) is 2.10. The summed E-state index contributed by atoms with van der Waals surface area (Å²) in [7, 11) is 0. The van der Waals surface area contributed by atoms with Crippen molar-refractivity contribution in [3.05, 3.63) is 27.2 Å². The number of nitrogens with one attached hydrogen (secondary N) is 1. The van der Waals surface area contributed by atoms with E-state index in [2.05, 4.69) is 15.3 Å². The highest BCUT2D eigenvalue weighted by atomic mass is 35.5. The molecule has 6 nitrogen and oxygen atoms in total. The summed E-state index contributed by atoms with van der Waals surface area (Å²) in [5.41, 5.74) is 5.77. The van der Waals surface area contributed by atoms with E-state index in [0.717, 1.165) is 16.3 Å². The lowest BCUT2D eigenvalue weighted by molar-refractivity contribution is 0.101. The Labute approximate surface area is 129 Å². The smallest absolute Gasteiger partial charge is 0.276 e. The SMILES string of the molecule is CC(=O)c1cnc(NC(=O)c2csc(CCN)n2)s1.Cl. The maximum absolute atomic E-state index is 11.9. The number of anilines is 1. The minimum absolute atomic E-state index is 0. The quantitative estimate of drug-likeness (QED) is 0.816. The largest absolute Gasteiger partial charge is 0.330 e. The molecular weight excluding hydrogens is 320 g/mol. The minimum atomic E-state index is -0.330. The first-order valence-corrected chi connectivity index (χ1v) is 7.22. The van der Waals surface area contributed by atoms with Crippen LogP contribution in [0.25, 0.3) is 0 Å². The van der Waals surface area contributed by atoms with Crippen LogP contribution in [0.4, 0.5) is 5.13 Å². The zero-order chi connectivity index (χ0) is 13.8. The van der Waals surface area contributed by atoms with Crippen molar-refractivity contribution in [2.75, 3.05) is 11.9 Å². The van der Waals surface area contributed by atoms with Crippen LogP contribution in [0.15, 0.2) is 11.6 Å². The fourth-order valence-corrected chi connectivity index (χ4v) is 2.81. The number of nitrogens with zero attached hydrogens (tertiary/aromatic N) is 2. The van der Waals surface area contributed by atoms with Crippen molar-refractivity contribution in [3.63, 3.8) is 0 Å². The highest BCUT2D eigenvalue weighted by molar-refractivity contribution is 7.17. The van der Waals surface area contributed by atoms with Gasteiger partial charge in [-0.2, -0.15) is 0 Å².